The van der Waals surface area contributed by atoms with Gasteiger partial charge in [-0.05, 0) is 39.7 Å². The second-order valence-electron chi connectivity index (χ2n) is 11.6. The number of likely N-dealkylation sites (tertiary alicyclic amines) is 1. The number of rotatable bonds is 9. The molecule has 3 rings (SSSR count). The highest BCUT2D eigenvalue weighted by Gasteiger charge is 2.27. The van der Waals surface area contributed by atoms with Crippen molar-refractivity contribution in [3.05, 3.63) is 18.0 Å². The average molecular weight is 529 g/mol. The number of carbonyl (C=O) groups is 2. The van der Waals surface area contributed by atoms with Crippen LogP contribution in [0, 0.1) is 12.3 Å². The average Bonchev–Trinajstić information content (AvgIpc) is 3.17. The van der Waals surface area contributed by atoms with Crippen LogP contribution in [0.3, 0.4) is 0 Å². The van der Waals surface area contributed by atoms with Gasteiger partial charge < -0.3 is 29.6 Å². The van der Waals surface area contributed by atoms with Crippen LogP contribution in [-0.2, 0) is 16.2 Å². The summed E-state index contributed by atoms with van der Waals surface area (Å²) in [4.78, 5) is 36.2. The normalized spacial score (nSPS) is 14.9. The highest BCUT2D eigenvalue weighted by molar-refractivity contribution is 6.76. The van der Waals surface area contributed by atoms with E-state index in [0.717, 1.165) is 18.9 Å². The molecule has 2 aromatic rings. The molecular weight excluding hydrogens is 488 g/mol. The predicted molar refractivity (Wildman–Crippen MR) is 147 cm³/mol. The molecule has 37 heavy (non-hydrogen) atoms. The third-order valence-corrected chi connectivity index (χ3v) is 7.59. The van der Waals surface area contributed by atoms with Crippen molar-refractivity contribution in [3.8, 4) is 12.3 Å². The van der Waals surface area contributed by atoms with E-state index in [-0.39, 0.29) is 31.3 Å². The molecule has 0 saturated carbocycles. The van der Waals surface area contributed by atoms with E-state index in [1.807, 2.05) is 20.8 Å². The molecule has 1 aliphatic heterocycles. The summed E-state index contributed by atoms with van der Waals surface area (Å²) in [6.07, 6.45) is 9.92. The maximum absolute atomic E-state index is 12.8. The number of amides is 2. The van der Waals surface area contributed by atoms with Gasteiger partial charge in [0.05, 0.1) is 18.3 Å². The van der Waals surface area contributed by atoms with Gasteiger partial charge in [0.25, 0.3) is 5.91 Å². The van der Waals surface area contributed by atoms with Gasteiger partial charge in [-0.2, -0.15) is 0 Å². The first-order chi connectivity index (χ1) is 17.4. The largest absolute Gasteiger partial charge is 0.444 e. The summed E-state index contributed by atoms with van der Waals surface area (Å²) in [7, 11) is -1.21. The first-order valence-corrected chi connectivity index (χ1v) is 16.5. The standard InChI is InChI=1S/C26H40N6O4Si/c1-8-11-27-24(33)20-17-32(18-35-14-15-37(5,6)7)23-22(20)30-21(16-28-23)29-19-9-12-31(13-10-19)25(34)36-26(2,3)4/h1,16-17,19H,9-15,18H2,2-7H3,(H,27,33)(H,29,30). The number of aromatic nitrogens is 3. The molecule has 0 unspecified atom stereocenters. The molecule has 0 aliphatic carbocycles. The van der Waals surface area contributed by atoms with E-state index >= 15 is 0 Å². The van der Waals surface area contributed by atoms with Crippen LogP contribution in [0.1, 0.15) is 44.0 Å². The Morgan fingerprint density at radius 1 is 1.24 bits per heavy atom. The molecule has 1 fully saturated rings. The Kier molecular flexibility index (Phi) is 9.20. The minimum Gasteiger partial charge on any atom is -0.444 e. The summed E-state index contributed by atoms with van der Waals surface area (Å²) in [6, 6.07) is 1.17. The minimum absolute atomic E-state index is 0.121. The monoisotopic (exact) mass is 528 g/mol. The summed E-state index contributed by atoms with van der Waals surface area (Å²) < 4.78 is 13.2. The molecule has 0 bridgehead atoms. The molecule has 11 heteroatoms. The highest BCUT2D eigenvalue weighted by atomic mass is 28.3. The van der Waals surface area contributed by atoms with Gasteiger partial charge in [0.15, 0.2) is 5.65 Å². The van der Waals surface area contributed by atoms with Crippen LogP contribution in [0.2, 0.25) is 25.7 Å². The number of carbonyl (C=O) groups excluding carboxylic acids is 2. The molecule has 3 heterocycles. The molecule has 1 saturated heterocycles. The lowest BCUT2D eigenvalue weighted by atomic mass is 10.1. The molecule has 0 spiro atoms. The third kappa shape index (κ3) is 8.47. The second kappa shape index (κ2) is 12.0. The first-order valence-electron chi connectivity index (χ1n) is 12.8. The van der Waals surface area contributed by atoms with Crippen LogP contribution in [-0.4, -0.2) is 77.4 Å². The van der Waals surface area contributed by atoms with E-state index in [1.165, 1.54) is 0 Å². The fourth-order valence-electron chi connectivity index (χ4n) is 3.90. The van der Waals surface area contributed by atoms with E-state index < -0.39 is 13.7 Å². The van der Waals surface area contributed by atoms with Crippen molar-refractivity contribution in [2.45, 2.75) is 77.7 Å². The molecule has 2 aromatic heterocycles. The van der Waals surface area contributed by atoms with Crippen molar-refractivity contribution in [2.24, 2.45) is 0 Å². The number of ether oxygens (including phenoxy) is 2. The van der Waals surface area contributed by atoms with Crippen LogP contribution < -0.4 is 10.6 Å². The minimum atomic E-state index is -1.21. The number of nitrogens with zero attached hydrogens (tertiary/aromatic N) is 4. The first kappa shape index (κ1) is 28.5. The Hall–Kier alpha value is -3.10. The Balaban J connectivity index is 1.71. The van der Waals surface area contributed by atoms with Gasteiger partial charge >= 0.3 is 6.09 Å². The van der Waals surface area contributed by atoms with Crippen molar-refractivity contribution < 1.29 is 19.1 Å². The Labute approximate surface area is 220 Å². The number of hydrogen-bond donors (Lipinski definition) is 2. The molecule has 1 aliphatic rings. The molecule has 0 radical (unpaired) electrons. The SMILES string of the molecule is C#CCNC(=O)c1cn(COCC[Si](C)(C)C)c2ncc(NC3CCN(C(=O)OC(C)(C)C)CC3)nc12. The summed E-state index contributed by atoms with van der Waals surface area (Å²) in [5, 5.41) is 6.13. The van der Waals surface area contributed by atoms with Gasteiger partial charge in [0, 0.05) is 40.0 Å². The second-order valence-corrected chi connectivity index (χ2v) is 17.2. The number of piperidine rings is 1. The van der Waals surface area contributed by atoms with Gasteiger partial charge in [0.1, 0.15) is 23.7 Å². The zero-order valence-electron chi connectivity index (χ0n) is 22.9. The molecular formula is C26H40N6O4Si. The van der Waals surface area contributed by atoms with E-state index in [2.05, 4.69) is 41.2 Å². The van der Waals surface area contributed by atoms with Gasteiger partial charge in [-0.25, -0.2) is 14.8 Å². The Morgan fingerprint density at radius 2 is 1.95 bits per heavy atom. The van der Waals surface area contributed by atoms with Crippen LogP contribution in [0.25, 0.3) is 11.2 Å². The lowest BCUT2D eigenvalue weighted by Gasteiger charge is -2.33. The molecule has 202 valence electrons. The van der Waals surface area contributed by atoms with Crippen molar-refractivity contribution in [2.75, 3.05) is 31.6 Å². The number of terminal acetylenes is 1. The maximum atomic E-state index is 12.8. The number of anilines is 1. The molecule has 2 amide bonds. The van der Waals surface area contributed by atoms with Gasteiger partial charge in [-0.15, -0.1) is 6.42 Å². The van der Waals surface area contributed by atoms with E-state index in [0.29, 0.717) is 42.2 Å². The topological polar surface area (TPSA) is 111 Å². The quantitative estimate of drug-likeness (QED) is 0.288. The molecule has 2 N–H and O–H groups in total. The number of nitrogens with one attached hydrogen (secondary N) is 2. The van der Waals surface area contributed by atoms with Gasteiger partial charge in [0.2, 0.25) is 0 Å². The lowest BCUT2D eigenvalue weighted by Crippen LogP contribution is -2.44. The molecule has 10 nitrogen and oxygen atoms in total. The Morgan fingerprint density at radius 3 is 2.57 bits per heavy atom. The third-order valence-electron chi connectivity index (χ3n) is 5.89. The fraction of sp³-hybridized carbons (Fsp3) is 0.615. The summed E-state index contributed by atoms with van der Waals surface area (Å²) in [6.45, 7) is 14.7. The highest BCUT2D eigenvalue weighted by Crippen LogP contribution is 2.23. The number of hydrogen-bond acceptors (Lipinski definition) is 7. The van der Waals surface area contributed by atoms with Crippen LogP contribution in [0.4, 0.5) is 10.6 Å². The summed E-state index contributed by atoms with van der Waals surface area (Å²) >= 11 is 0. The van der Waals surface area contributed by atoms with Crippen molar-refractivity contribution >= 4 is 37.1 Å². The van der Waals surface area contributed by atoms with Gasteiger partial charge in [-0.1, -0.05) is 25.6 Å². The van der Waals surface area contributed by atoms with Crippen molar-refractivity contribution in [1.29, 1.82) is 0 Å². The maximum Gasteiger partial charge on any atom is 0.410 e. The van der Waals surface area contributed by atoms with Gasteiger partial charge in [-0.3, -0.25) is 4.79 Å². The predicted octanol–water partition coefficient (Wildman–Crippen LogP) is 3.92. The molecule has 0 atom stereocenters. The zero-order chi connectivity index (χ0) is 27.2. The number of fused-ring (bicyclic) bond motifs is 1. The van der Waals surface area contributed by atoms with Crippen LogP contribution >= 0.6 is 0 Å². The zero-order valence-corrected chi connectivity index (χ0v) is 23.9. The fourth-order valence-corrected chi connectivity index (χ4v) is 4.65. The lowest BCUT2D eigenvalue weighted by molar-refractivity contribution is 0.0210. The smallest absolute Gasteiger partial charge is 0.410 e. The van der Waals surface area contributed by atoms with E-state index in [1.54, 1.807) is 21.9 Å². The van der Waals surface area contributed by atoms with Crippen molar-refractivity contribution in [1.82, 2.24) is 24.8 Å². The van der Waals surface area contributed by atoms with Crippen LogP contribution in [0.15, 0.2) is 12.4 Å². The summed E-state index contributed by atoms with van der Waals surface area (Å²) in [5.41, 5.74) is 0.940. The van der Waals surface area contributed by atoms with E-state index in [9.17, 15) is 9.59 Å². The Bertz CT molecular complexity index is 1140. The van der Waals surface area contributed by atoms with Crippen LogP contribution in [0.5, 0.6) is 0 Å². The van der Waals surface area contributed by atoms with Crippen molar-refractivity contribution in [3.63, 3.8) is 0 Å². The summed E-state index contributed by atoms with van der Waals surface area (Å²) in [5.74, 6) is 2.69. The molecule has 0 aromatic carbocycles. The van der Waals surface area contributed by atoms with E-state index in [4.69, 9.17) is 20.9 Å².